The molecular weight excluding hydrogens is 210 g/mol. The zero-order valence-electron chi connectivity index (χ0n) is 10.7. The van der Waals surface area contributed by atoms with E-state index in [0.29, 0.717) is 17.6 Å². The Morgan fingerprint density at radius 1 is 1.29 bits per heavy atom. The van der Waals surface area contributed by atoms with Gasteiger partial charge in [-0.2, -0.15) is 0 Å². The van der Waals surface area contributed by atoms with E-state index in [1.807, 2.05) is 6.08 Å². The second-order valence-electron chi connectivity index (χ2n) is 6.12. The lowest BCUT2D eigenvalue weighted by molar-refractivity contribution is 0.118. The van der Waals surface area contributed by atoms with Crippen LogP contribution in [0.4, 0.5) is 0 Å². The Morgan fingerprint density at radius 2 is 2.12 bits per heavy atom. The fourth-order valence-corrected chi connectivity index (χ4v) is 3.71. The molecule has 0 aromatic carbocycles. The van der Waals surface area contributed by atoms with Crippen molar-refractivity contribution in [2.24, 2.45) is 17.3 Å². The minimum atomic E-state index is 0.242. The van der Waals surface area contributed by atoms with Crippen LogP contribution < -0.4 is 5.32 Å². The third kappa shape index (κ3) is 1.62. The molecule has 2 nitrogen and oxygen atoms in total. The number of nitrogens with one attached hydrogen (secondary N) is 1. The molecule has 2 unspecified atom stereocenters. The summed E-state index contributed by atoms with van der Waals surface area (Å²) in [4.78, 5) is 0. The lowest BCUT2D eigenvalue weighted by Crippen LogP contribution is -2.44. The molecule has 3 aliphatic rings. The quantitative estimate of drug-likeness (QED) is 0.670. The predicted molar refractivity (Wildman–Crippen MR) is 69.5 cm³/mol. The summed E-state index contributed by atoms with van der Waals surface area (Å²) in [6.45, 7) is 5.82. The second kappa shape index (κ2) is 3.66. The third-order valence-corrected chi connectivity index (χ3v) is 4.78. The van der Waals surface area contributed by atoms with E-state index >= 15 is 0 Å². The molecule has 1 fully saturated rings. The summed E-state index contributed by atoms with van der Waals surface area (Å²) in [5.74, 6) is 1.64. The van der Waals surface area contributed by atoms with E-state index in [2.05, 4.69) is 31.3 Å². The molecule has 0 saturated carbocycles. The van der Waals surface area contributed by atoms with Crippen molar-refractivity contribution in [2.45, 2.75) is 33.1 Å². The molecule has 0 radical (unpaired) electrons. The molecular formula is C15H21NO. The Morgan fingerprint density at radius 3 is 2.94 bits per heavy atom. The molecule has 0 aromatic heterocycles. The normalized spacial score (nSPS) is 34.6. The van der Waals surface area contributed by atoms with Gasteiger partial charge in [0.1, 0.15) is 0 Å². The molecule has 1 heterocycles. The fourth-order valence-electron chi connectivity index (χ4n) is 3.71. The molecule has 0 amide bonds. The Kier molecular flexibility index (Phi) is 2.35. The lowest BCUT2D eigenvalue weighted by Gasteiger charge is -2.49. The van der Waals surface area contributed by atoms with Crippen LogP contribution in [0.15, 0.2) is 35.3 Å². The molecule has 92 valence electrons. The number of aliphatic hydroxyl groups is 1. The van der Waals surface area contributed by atoms with E-state index in [1.54, 1.807) is 0 Å². The van der Waals surface area contributed by atoms with Crippen molar-refractivity contribution in [3.05, 3.63) is 35.3 Å². The lowest BCUT2D eigenvalue weighted by atomic mass is 9.58. The number of allylic oxidation sites excluding steroid dienone is 6. The summed E-state index contributed by atoms with van der Waals surface area (Å²) < 4.78 is 0. The SMILES string of the molecule is CC1(C)C2CC(O)=CC=C2C=C2NCCCC21. The van der Waals surface area contributed by atoms with Crippen molar-refractivity contribution in [2.75, 3.05) is 6.54 Å². The highest BCUT2D eigenvalue weighted by molar-refractivity contribution is 5.40. The average Bonchev–Trinajstić information content (AvgIpc) is 2.31. The van der Waals surface area contributed by atoms with Crippen LogP contribution in [0, 0.1) is 17.3 Å². The number of rotatable bonds is 0. The Hall–Kier alpha value is -1.18. The molecule has 1 aliphatic heterocycles. The minimum absolute atomic E-state index is 0.242. The molecule has 0 bridgehead atoms. The first-order valence-corrected chi connectivity index (χ1v) is 6.64. The Labute approximate surface area is 103 Å². The number of aliphatic hydroxyl groups excluding tert-OH is 1. The van der Waals surface area contributed by atoms with E-state index in [4.69, 9.17) is 0 Å². The molecule has 2 N–H and O–H groups in total. The molecule has 2 aliphatic carbocycles. The second-order valence-corrected chi connectivity index (χ2v) is 6.12. The summed E-state index contributed by atoms with van der Waals surface area (Å²) in [5.41, 5.74) is 3.04. The molecule has 3 rings (SSSR count). The molecule has 0 aromatic rings. The Bertz CT molecular complexity index is 428. The maximum Gasteiger partial charge on any atom is 0.0929 e. The summed E-state index contributed by atoms with van der Waals surface area (Å²) in [6.07, 6.45) is 9.60. The first-order valence-electron chi connectivity index (χ1n) is 6.64. The van der Waals surface area contributed by atoms with E-state index < -0.39 is 0 Å². The third-order valence-electron chi connectivity index (χ3n) is 4.78. The van der Waals surface area contributed by atoms with Crippen molar-refractivity contribution < 1.29 is 5.11 Å². The van der Waals surface area contributed by atoms with Gasteiger partial charge in [0.05, 0.1) is 5.76 Å². The molecule has 2 heteroatoms. The van der Waals surface area contributed by atoms with Crippen molar-refractivity contribution in [3.63, 3.8) is 0 Å². The van der Waals surface area contributed by atoms with Crippen molar-refractivity contribution >= 4 is 0 Å². The highest BCUT2D eigenvalue weighted by atomic mass is 16.3. The topological polar surface area (TPSA) is 32.3 Å². The van der Waals surface area contributed by atoms with Gasteiger partial charge in [-0.05, 0) is 41.9 Å². The van der Waals surface area contributed by atoms with Crippen LogP contribution in [0.1, 0.15) is 33.1 Å². The largest absolute Gasteiger partial charge is 0.512 e. The minimum Gasteiger partial charge on any atom is -0.512 e. The standard InChI is InChI=1S/C15H21NO/c1-15(2)12-4-3-7-16-14(12)8-10-5-6-11(17)9-13(10)15/h5-6,8,12-13,16-17H,3-4,7,9H2,1-2H3. The molecule has 0 spiro atoms. The highest BCUT2D eigenvalue weighted by Gasteiger charge is 2.45. The van der Waals surface area contributed by atoms with Gasteiger partial charge in [-0.15, -0.1) is 0 Å². The van der Waals surface area contributed by atoms with Crippen LogP contribution in [0.2, 0.25) is 0 Å². The highest BCUT2D eigenvalue weighted by Crippen LogP contribution is 2.52. The van der Waals surface area contributed by atoms with Crippen LogP contribution in [-0.4, -0.2) is 11.7 Å². The van der Waals surface area contributed by atoms with Gasteiger partial charge in [0.2, 0.25) is 0 Å². The number of hydrogen-bond acceptors (Lipinski definition) is 2. The molecule has 17 heavy (non-hydrogen) atoms. The number of hydrogen-bond donors (Lipinski definition) is 2. The summed E-state index contributed by atoms with van der Waals surface area (Å²) in [5, 5.41) is 13.3. The zero-order chi connectivity index (χ0) is 12.0. The van der Waals surface area contributed by atoms with Crippen LogP contribution >= 0.6 is 0 Å². The van der Waals surface area contributed by atoms with E-state index in [9.17, 15) is 5.11 Å². The summed E-state index contributed by atoms with van der Waals surface area (Å²) >= 11 is 0. The van der Waals surface area contributed by atoms with Gasteiger partial charge < -0.3 is 10.4 Å². The van der Waals surface area contributed by atoms with Crippen LogP contribution in [0.5, 0.6) is 0 Å². The van der Waals surface area contributed by atoms with E-state index in [0.717, 1.165) is 13.0 Å². The predicted octanol–water partition coefficient (Wildman–Crippen LogP) is 3.30. The van der Waals surface area contributed by atoms with Gasteiger partial charge in [-0.3, -0.25) is 0 Å². The molecule has 1 saturated heterocycles. The zero-order valence-corrected chi connectivity index (χ0v) is 10.7. The first kappa shape index (κ1) is 10.9. The first-order chi connectivity index (χ1) is 8.09. The maximum atomic E-state index is 9.76. The van der Waals surface area contributed by atoms with Crippen molar-refractivity contribution in [1.29, 1.82) is 0 Å². The number of piperidine rings is 1. The average molecular weight is 231 g/mol. The van der Waals surface area contributed by atoms with Crippen LogP contribution in [0.3, 0.4) is 0 Å². The van der Waals surface area contributed by atoms with Gasteiger partial charge in [0, 0.05) is 24.6 Å². The Balaban J connectivity index is 2.05. The van der Waals surface area contributed by atoms with E-state index in [1.165, 1.54) is 24.1 Å². The van der Waals surface area contributed by atoms with Gasteiger partial charge in [-0.25, -0.2) is 0 Å². The van der Waals surface area contributed by atoms with Crippen molar-refractivity contribution in [1.82, 2.24) is 5.32 Å². The van der Waals surface area contributed by atoms with E-state index in [-0.39, 0.29) is 5.41 Å². The maximum absolute atomic E-state index is 9.76. The monoisotopic (exact) mass is 231 g/mol. The van der Waals surface area contributed by atoms with Gasteiger partial charge in [0.25, 0.3) is 0 Å². The summed E-state index contributed by atoms with van der Waals surface area (Å²) in [7, 11) is 0. The van der Waals surface area contributed by atoms with Gasteiger partial charge >= 0.3 is 0 Å². The van der Waals surface area contributed by atoms with Crippen LogP contribution in [-0.2, 0) is 0 Å². The summed E-state index contributed by atoms with van der Waals surface area (Å²) in [6, 6.07) is 0. The smallest absolute Gasteiger partial charge is 0.0929 e. The number of fused-ring (bicyclic) bond motifs is 2. The van der Waals surface area contributed by atoms with Gasteiger partial charge in [-0.1, -0.05) is 19.9 Å². The van der Waals surface area contributed by atoms with Crippen LogP contribution in [0.25, 0.3) is 0 Å². The fraction of sp³-hybridized carbons (Fsp3) is 0.600. The molecule has 2 atom stereocenters. The van der Waals surface area contributed by atoms with Gasteiger partial charge in [0.15, 0.2) is 0 Å². The van der Waals surface area contributed by atoms with Crippen molar-refractivity contribution in [3.8, 4) is 0 Å².